The van der Waals surface area contributed by atoms with E-state index in [9.17, 15) is 5.11 Å². The smallest absolute Gasteiger partial charge is 0.202 e. The summed E-state index contributed by atoms with van der Waals surface area (Å²) in [6, 6.07) is 5.41. The average molecular weight is 293 g/mol. The molecule has 0 aliphatic heterocycles. The van der Waals surface area contributed by atoms with Gasteiger partial charge in [0.2, 0.25) is 5.13 Å². The van der Waals surface area contributed by atoms with E-state index in [0.717, 1.165) is 16.5 Å². The number of hydrogen-bond acceptors (Lipinski definition) is 6. The molecule has 2 N–H and O–H groups in total. The Morgan fingerprint density at radius 3 is 2.70 bits per heavy atom. The van der Waals surface area contributed by atoms with E-state index in [0.29, 0.717) is 12.3 Å². The third-order valence-electron chi connectivity index (χ3n) is 2.83. The molecule has 20 heavy (non-hydrogen) atoms. The van der Waals surface area contributed by atoms with Gasteiger partial charge in [0.05, 0.1) is 7.11 Å². The highest BCUT2D eigenvalue weighted by Crippen LogP contribution is 2.30. The zero-order valence-electron chi connectivity index (χ0n) is 12.1. The summed E-state index contributed by atoms with van der Waals surface area (Å²) in [5, 5.41) is 13.9. The molecule has 108 valence electrons. The number of ether oxygens (including phenoxy) is 1. The number of rotatable bonds is 4. The van der Waals surface area contributed by atoms with Gasteiger partial charge in [-0.1, -0.05) is 32.9 Å². The summed E-state index contributed by atoms with van der Waals surface area (Å²) < 4.78 is 9.42. The van der Waals surface area contributed by atoms with E-state index < -0.39 is 0 Å². The Kier molecular flexibility index (Phi) is 4.13. The summed E-state index contributed by atoms with van der Waals surface area (Å²) in [6.45, 7) is 6.70. The second kappa shape index (κ2) is 5.66. The standard InChI is InChI=1S/C14H19N3O2S/c1-14(2,3)12-16-13(20-17-12)15-8-9-6-5-7-10(19-4)11(9)18/h5-7,18H,8H2,1-4H3,(H,15,16,17). The summed E-state index contributed by atoms with van der Waals surface area (Å²) >= 11 is 1.33. The molecule has 2 rings (SSSR count). The average Bonchev–Trinajstić information content (AvgIpc) is 2.86. The van der Waals surface area contributed by atoms with Gasteiger partial charge in [-0.25, -0.2) is 4.98 Å². The van der Waals surface area contributed by atoms with Crippen LogP contribution in [0.4, 0.5) is 5.13 Å². The minimum atomic E-state index is -0.0610. The lowest BCUT2D eigenvalue weighted by Crippen LogP contribution is -2.13. The van der Waals surface area contributed by atoms with Gasteiger partial charge in [-0.3, -0.25) is 0 Å². The van der Waals surface area contributed by atoms with Gasteiger partial charge in [-0.05, 0) is 6.07 Å². The molecule has 1 heterocycles. The zero-order valence-corrected chi connectivity index (χ0v) is 12.9. The third kappa shape index (κ3) is 3.19. The largest absolute Gasteiger partial charge is 0.504 e. The summed E-state index contributed by atoms with van der Waals surface area (Å²) in [5.74, 6) is 1.44. The molecule has 1 aromatic heterocycles. The lowest BCUT2D eigenvalue weighted by atomic mass is 9.96. The molecule has 0 aliphatic carbocycles. The molecule has 0 saturated heterocycles. The molecule has 2 aromatic rings. The van der Waals surface area contributed by atoms with Crippen LogP contribution in [0.2, 0.25) is 0 Å². The monoisotopic (exact) mass is 293 g/mol. The molecule has 0 aliphatic rings. The van der Waals surface area contributed by atoms with Crippen LogP contribution in [0.1, 0.15) is 32.2 Å². The summed E-state index contributed by atoms with van der Waals surface area (Å²) in [5.41, 5.74) is 0.700. The minimum Gasteiger partial charge on any atom is -0.504 e. The van der Waals surface area contributed by atoms with Crippen LogP contribution in [0.3, 0.4) is 0 Å². The normalized spacial score (nSPS) is 11.4. The number of nitrogens with zero attached hydrogens (tertiary/aromatic N) is 2. The van der Waals surface area contributed by atoms with Crippen LogP contribution in [-0.4, -0.2) is 21.6 Å². The summed E-state index contributed by atoms with van der Waals surface area (Å²) in [7, 11) is 1.53. The van der Waals surface area contributed by atoms with Gasteiger partial charge in [-0.15, -0.1) is 0 Å². The Balaban J connectivity index is 2.08. The van der Waals surface area contributed by atoms with Crippen LogP contribution in [0.25, 0.3) is 0 Å². The molecule has 0 bridgehead atoms. The first-order valence-corrected chi connectivity index (χ1v) is 7.12. The molecule has 6 heteroatoms. The number of benzene rings is 1. The van der Waals surface area contributed by atoms with Crippen LogP contribution in [0, 0.1) is 0 Å². The minimum absolute atomic E-state index is 0.0610. The fraction of sp³-hybridized carbons (Fsp3) is 0.429. The van der Waals surface area contributed by atoms with E-state index in [1.807, 2.05) is 12.1 Å². The molecule has 1 aromatic carbocycles. The first-order valence-electron chi connectivity index (χ1n) is 6.34. The lowest BCUT2D eigenvalue weighted by Gasteiger charge is -2.12. The number of phenolic OH excluding ortho intramolecular Hbond substituents is 1. The van der Waals surface area contributed by atoms with E-state index >= 15 is 0 Å². The van der Waals surface area contributed by atoms with E-state index in [-0.39, 0.29) is 11.2 Å². The molecular weight excluding hydrogens is 274 g/mol. The highest BCUT2D eigenvalue weighted by Gasteiger charge is 2.19. The van der Waals surface area contributed by atoms with Gasteiger partial charge >= 0.3 is 0 Å². The SMILES string of the molecule is COc1cccc(CNc2nc(C(C)(C)C)ns2)c1O. The van der Waals surface area contributed by atoms with Gasteiger partial charge in [0, 0.05) is 29.1 Å². The Labute approximate surface area is 122 Å². The maximum Gasteiger partial charge on any atom is 0.202 e. The Bertz CT molecular complexity index is 590. The predicted octanol–water partition coefficient (Wildman–Crippen LogP) is 3.16. The number of nitrogens with one attached hydrogen (secondary N) is 1. The van der Waals surface area contributed by atoms with Crippen molar-refractivity contribution in [2.75, 3.05) is 12.4 Å². The van der Waals surface area contributed by atoms with Crippen LogP contribution < -0.4 is 10.1 Å². The van der Waals surface area contributed by atoms with Crippen molar-refractivity contribution in [2.45, 2.75) is 32.7 Å². The van der Waals surface area contributed by atoms with Crippen molar-refractivity contribution >= 4 is 16.7 Å². The number of anilines is 1. The van der Waals surface area contributed by atoms with Crippen molar-refractivity contribution in [3.63, 3.8) is 0 Å². The summed E-state index contributed by atoms with van der Waals surface area (Å²) in [4.78, 5) is 4.45. The topological polar surface area (TPSA) is 67.3 Å². The van der Waals surface area contributed by atoms with Crippen molar-refractivity contribution in [1.82, 2.24) is 9.36 Å². The molecule has 0 atom stereocenters. The summed E-state index contributed by atoms with van der Waals surface area (Å²) in [6.07, 6.45) is 0. The van der Waals surface area contributed by atoms with Gasteiger partial charge in [0.1, 0.15) is 5.82 Å². The second-order valence-electron chi connectivity index (χ2n) is 5.49. The van der Waals surface area contributed by atoms with E-state index in [4.69, 9.17) is 4.74 Å². The number of aromatic nitrogens is 2. The quantitative estimate of drug-likeness (QED) is 0.906. The first-order chi connectivity index (χ1) is 9.41. The van der Waals surface area contributed by atoms with E-state index in [1.54, 1.807) is 6.07 Å². The first kappa shape index (κ1) is 14.6. The van der Waals surface area contributed by atoms with Crippen molar-refractivity contribution in [3.8, 4) is 11.5 Å². The molecule has 0 saturated carbocycles. The van der Waals surface area contributed by atoms with Crippen molar-refractivity contribution in [1.29, 1.82) is 0 Å². The fourth-order valence-corrected chi connectivity index (χ4v) is 2.40. The highest BCUT2D eigenvalue weighted by molar-refractivity contribution is 7.09. The van der Waals surface area contributed by atoms with Crippen LogP contribution >= 0.6 is 11.5 Å². The molecule has 0 unspecified atom stereocenters. The Hall–Kier alpha value is -1.82. The molecule has 0 spiro atoms. The van der Waals surface area contributed by atoms with Crippen LogP contribution in [-0.2, 0) is 12.0 Å². The number of aromatic hydroxyl groups is 1. The number of methoxy groups -OCH3 is 1. The number of hydrogen-bond donors (Lipinski definition) is 2. The molecule has 5 nitrogen and oxygen atoms in total. The van der Waals surface area contributed by atoms with Gasteiger partial charge in [-0.2, -0.15) is 4.37 Å². The van der Waals surface area contributed by atoms with Gasteiger partial charge < -0.3 is 15.2 Å². The molecule has 0 fully saturated rings. The van der Waals surface area contributed by atoms with Gasteiger partial charge in [0.25, 0.3) is 0 Å². The number of phenols is 1. The maximum atomic E-state index is 10.0. The molecule has 0 radical (unpaired) electrons. The fourth-order valence-electron chi connectivity index (χ4n) is 1.65. The maximum absolute atomic E-state index is 10.0. The molecular formula is C14H19N3O2S. The highest BCUT2D eigenvalue weighted by atomic mass is 32.1. The Morgan fingerprint density at radius 2 is 2.10 bits per heavy atom. The predicted molar refractivity (Wildman–Crippen MR) is 80.6 cm³/mol. The van der Waals surface area contributed by atoms with E-state index in [2.05, 4.69) is 35.4 Å². The zero-order chi connectivity index (χ0) is 14.8. The second-order valence-corrected chi connectivity index (χ2v) is 6.25. The van der Waals surface area contributed by atoms with Gasteiger partial charge in [0.15, 0.2) is 11.5 Å². The van der Waals surface area contributed by atoms with Crippen molar-refractivity contribution in [3.05, 3.63) is 29.6 Å². The Morgan fingerprint density at radius 1 is 1.35 bits per heavy atom. The van der Waals surface area contributed by atoms with E-state index in [1.165, 1.54) is 18.6 Å². The molecule has 0 amide bonds. The lowest BCUT2D eigenvalue weighted by molar-refractivity contribution is 0.371. The third-order valence-corrected chi connectivity index (χ3v) is 3.50. The number of para-hydroxylation sites is 1. The van der Waals surface area contributed by atoms with Crippen molar-refractivity contribution < 1.29 is 9.84 Å². The van der Waals surface area contributed by atoms with Crippen molar-refractivity contribution in [2.24, 2.45) is 0 Å². The van der Waals surface area contributed by atoms with Crippen LogP contribution in [0.5, 0.6) is 11.5 Å². The van der Waals surface area contributed by atoms with Crippen LogP contribution in [0.15, 0.2) is 18.2 Å².